The molecule has 0 aliphatic heterocycles. The Morgan fingerprint density at radius 2 is 2.25 bits per heavy atom. The molecule has 0 heterocycles. The fourth-order valence-corrected chi connectivity index (χ4v) is 1.74. The fraction of sp³-hybridized carbons (Fsp3) is 0.125. The van der Waals surface area contributed by atoms with Crippen molar-refractivity contribution in [2.75, 3.05) is 5.33 Å². The molecule has 12 heavy (non-hydrogen) atoms. The first-order valence-corrected chi connectivity index (χ1v) is 5.43. The molecule has 1 rings (SSSR count). The summed E-state index contributed by atoms with van der Waals surface area (Å²) in [6.45, 7) is 0. The Kier molecular flexibility index (Phi) is 3.52. The fourth-order valence-electron chi connectivity index (χ4n) is 0.799. The van der Waals surface area contributed by atoms with E-state index in [1.165, 1.54) is 6.07 Å². The van der Waals surface area contributed by atoms with Crippen LogP contribution in [0.3, 0.4) is 0 Å². The van der Waals surface area contributed by atoms with Crippen LogP contribution in [0.5, 0.6) is 5.75 Å². The second-order valence-corrected chi connectivity index (χ2v) is 3.94. The highest BCUT2D eigenvalue weighted by molar-refractivity contribution is 14.1. The zero-order valence-electron chi connectivity index (χ0n) is 6.05. The molecule has 1 aromatic rings. The first kappa shape index (κ1) is 9.98. The molecule has 0 spiro atoms. The van der Waals surface area contributed by atoms with Gasteiger partial charge in [-0.1, -0.05) is 15.9 Å². The van der Waals surface area contributed by atoms with Gasteiger partial charge in [-0.05, 0) is 40.8 Å². The number of aromatic hydroxyl groups is 1. The van der Waals surface area contributed by atoms with Gasteiger partial charge in [-0.25, -0.2) is 0 Å². The van der Waals surface area contributed by atoms with E-state index in [-0.39, 0.29) is 16.9 Å². The molecule has 0 bridgehead atoms. The number of carbonyl (C=O) groups excluding carboxylic acids is 1. The molecule has 0 saturated carbocycles. The molecule has 64 valence electrons. The van der Waals surface area contributed by atoms with Gasteiger partial charge in [-0.15, -0.1) is 0 Å². The number of carbonyl (C=O) groups is 1. The Hall–Kier alpha value is -0.100. The van der Waals surface area contributed by atoms with Crippen LogP contribution in [0.2, 0.25) is 0 Å². The summed E-state index contributed by atoms with van der Waals surface area (Å²) in [4.78, 5) is 11.2. The summed E-state index contributed by atoms with van der Waals surface area (Å²) >= 11 is 5.14. The van der Waals surface area contributed by atoms with Gasteiger partial charge in [0.15, 0.2) is 5.78 Å². The van der Waals surface area contributed by atoms with E-state index >= 15 is 0 Å². The van der Waals surface area contributed by atoms with Crippen molar-refractivity contribution in [2.45, 2.75) is 0 Å². The highest BCUT2D eigenvalue weighted by Gasteiger charge is 2.08. The van der Waals surface area contributed by atoms with E-state index in [9.17, 15) is 4.79 Å². The number of phenols is 1. The normalized spacial score (nSPS) is 9.83. The minimum absolute atomic E-state index is 0.0182. The van der Waals surface area contributed by atoms with Crippen molar-refractivity contribution < 1.29 is 9.90 Å². The second kappa shape index (κ2) is 4.23. The van der Waals surface area contributed by atoms with Crippen LogP contribution in [0.25, 0.3) is 0 Å². The quantitative estimate of drug-likeness (QED) is 0.510. The lowest BCUT2D eigenvalue weighted by Crippen LogP contribution is -2.01. The molecule has 1 aromatic carbocycles. The van der Waals surface area contributed by atoms with Crippen molar-refractivity contribution in [2.24, 2.45) is 0 Å². The van der Waals surface area contributed by atoms with Crippen LogP contribution < -0.4 is 0 Å². The molecule has 0 amide bonds. The van der Waals surface area contributed by atoms with Crippen LogP contribution in [0.15, 0.2) is 18.2 Å². The Morgan fingerprint density at radius 1 is 1.58 bits per heavy atom. The van der Waals surface area contributed by atoms with E-state index in [4.69, 9.17) is 5.11 Å². The van der Waals surface area contributed by atoms with Gasteiger partial charge in [-0.2, -0.15) is 0 Å². The lowest BCUT2D eigenvalue weighted by atomic mass is 10.1. The molecule has 0 fully saturated rings. The second-order valence-electron chi connectivity index (χ2n) is 2.22. The number of Topliss-reactive ketones (excluding diaryl/α,β-unsaturated/α-hetero) is 1. The summed E-state index contributed by atoms with van der Waals surface area (Å²) in [5.74, 6) is 0.106. The highest BCUT2D eigenvalue weighted by atomic mass is 127. The van der Waals surface area contributed by atoms with Crippen molar-refractivity contribution in [1.82, 2.24) is 0 Å². The summed E-state index contributed by atoms with van der Waals surface area (Å²) in [6.07, 6.45) is 0. The van der Waals surface area contributed by atoms with E-state index in [0.717, 1.165) is 3.57 Å². The van der Waals surface area contributed by atoms with Crippen LogP contribution in [0.4, 0.5) is 0 Å². The van der Waals surface area contributed by atoms with E-state index < -0.39 is 0 Å². The summed E-state index contributed by atoms with van der Waals surface area (Å²) in [7, 11) is 0. The maximum atomic E-state index is 11.2. The number of ketones is 1. The number of hydrogen-bond donors (Lipinski definition) is 1. The van der Waals surface area contributed by atoms with Gasteiger partial charge in [0.2, 0.25) is 0 Å². The van der Waals surface area contributed by atoms with Gasteiger partial charge in [0.25, 0.3) is 0 Å². The van der Waals surface area contributed by atoms with E-state index in [1.807, 2.05) is 0 Å². The minimum Gasteiger partial charge on any atom is -0.508 e. The molecule has 2 nitrogen and oxygen atoms in total. The Morgan fingerprint density at radius 3 is 2.83 bits per heavy atom. The number of halogens is 2. The standard InChI is InChI=1S/C8H6BrIO2/c9-4-8(12)6-3-5(11)1-2-7(6)10/h1-3,11H,4H2. The van der Waals surface area contributed by atoms with Crippen molar-refractivity contribution in [1.29, 1.82) is 0 Å². The Bertz CT molecular complexity index is 312. The van der Waals surface area contributed by atoms with Crippen LogP contribution >= 0.6 is 38.5 Å². The van der Waals surface area contributed by atoms with Gasteiger partial charge < -0.3 is 5.11 Å². The topological polar surface area (TPSA) is 37.3 Å². The highest BCUT2D eigenvalue weighted by Crippen LogP contribution is 2.19. The van der Waals surface area contributed by atoms with Gasteiger partial charge in [0.05, 0.1) is 5.33 Å². The molecular formula is C8H6BrIO2. The monoisotopic (exact) mass is 340 g/mol. The molecule has 0 radical (unpaired) electrons. The van der Waals surface area contributed by atoms with Crippen molar-refractivity contribution in [3.05, 3.63) is 27.3 Å². The van der Waals surface area contributed by atoms with Crippen LogP contribution in [-0.2, 0) is 0 Å². The third-order valence-electron chi connectivity index (χ3n) is 1.37. The van der Waals surface area contributed by atoms with Crippen LogP contribution in [0, 0.1) is 3.57 Å². The van der Waals surface area contributed by atoms with Crippen molar-refractivity contribution in [3.63, 3.8) is 0 Å². The van der Waals surface area contributed by atoms with Gasteiger partial charge in [0, 0.05) is 9.13 Å². The molecule has 4 heteroatoms. The van der Waals surface area contributed by atoms with Crippen molar-refractivity contribution >= 4 is 44.3 Å². The molecule has 0 aliphatic carbocycles. The number of rotatable bonds is 2. The van der Waals surface area contributed by atoms with Crippen molar-refractivity contribution in [3.8, 4) is 5.75 Å². The zero-order chi connectivity index (χ0) is 9.14. The number of alkyl halides is 1. The lowest BCUT2D eigenvalue weighted by molar-refractivity contribution is 0.102. The molecule has 1 N–H and O–H groups in total. The molecule has 0 atom stereocenters. The number of hydrogen-bond acceptors (Lipinski definition) is 2. The molecule has 0 aliphatic rings. The van der Waals surface area contributed by atoms with Gasteiger partial charge >= 0.3 is 0 Å². The summed E-state index contributed by atoms with van der Waals surface area (Å²) < 4.78 is 0.856. The predicted octanol–water partition coefficient (Wildman–Crippen LogP) is 2.57. The smallest absolute Gasteiger partial charge is 0.174 e. The first-order chi connectivity index (χ1) is 5.65. The van der Waals surface area contributed by atoms with Gasteiger partial charge in [-0.3, -0.25) is 4.79 Å². The van der Waals surface area contributed by atoms with Crippen LogP contribution in [-0.4, -0.2) is 16.2 Å². The average molecular weight is 341 g/mol. The third-order valence-corrected chi connectivity index (χ3v) is 2.82. The third kappa shape index (κ3) is 2.20. The summed E-state index contributed by atoms with van der Waals surface area (Å²) in [5, 5.41) is 9.40. The zero-order valence-corrected chi connectivity index (χ0v) is 9.79. The maximum absolute atomic E-state index is 11.2. The van der Waals surface area contributed by atoms with E-state index in [2.05, 4.69) is 38.5 Å². The SMILES string of the molecule is O=C(CBr)c1cc(O)ccc1I. The predicted molar refractivity (Wildman–Crippen MR) is 58.9 cm³/mol. The van der Waals surface area contributed by atoms with Crippen LogP contribution in [0.1, 0.15) is 10.4 Å². The molecular weight excluding hydrogens is 335 g/mol. The molecule has 0 aromatic heterocycles. The summed E-state index contributed by atoms with van der Waals surface area (Å²) in [5.41, 5.74) is 0.562. The minimum atomic E-state index is -0.0182. The summed E-state index contributed by atoms with van der Waals surface area (Å²) in [6, 6.07) is 4.75. The number of phenolic OH excluding ortho intramolecular Hbond substituents is 1. The van der Waals surface area contributed by atoms with E-state index in [1.54, 1.807) is 12.1 Å². The van der Waals surface area contributed by atoms with Gasteiger partial charge in [0.1, 0.15) is 5.75 Å². The Balaban J connectivity index is 3.13. The largest absolute Gasteiger partial charge is 0.508 e. The average Bonchev–Trinajstić information content (AvgIpc) is 2.08. The maximum Gasteiger partial charge on any atom is 0.174 e. The molecule has 0 saturated heterocycles. The molecule has 0 unspecified atom stereocenters. The number of benzene rings is 1. The Labute approximate surface area is 92.2 Å². The lowest BCUT2D eigenvalue weighted by Gasteiger charge is -2.00. The van der Waals surface area contributed by atoms with E-state index in [0.29, 0.717) is 5.56 Å². The first-order valence-electron chi connectivity index (χ1n) is 3.23.